The first-order valence-corrected chi connectivity index (χ1v) is 7.25. The minimum atomic E-state index is -0.404. The molecule has 112 valence electrons. The zero-order chi connectivity index (χ0) is 14.6. The maximum atomic E-state index is 13.8. The molecule has 1 aliphatic rings. The number of nitrogens with zero attached hydrogens (tertiary/aromatic N) is 3. The first-order valence-electron chi connectivity index (χ1n) is 7.25. The lowest BCUT2D eigenvalue weighted by molar-refractivity contribution is 0.172. The molecule has 0 aliphatic heterocycles. The van der Waals surface area contributed by atoms with Gasteiger partial charge in [-0.15, -0.1) is 0 Å². The van der Waals surface area contributed by atoms with Crippen molar-refractivity contribution in [3.05, 3.63) is 12.0 Å². The van der Waals surface area contributed by atoms with E-state index in [4.69, 9.17) is 0 Å². The lowest BCUT2D eigenvalue weighted by atomic mass is 9.96. The molecule has 2 rings (SSSR count). The summed E-state index contributed by atoms with van der Waals surface area (Å²) in [6.07, 6.45) is 5.95. The van der Waals surface area contributed by atoms with Gasteiger partial charge in [-0.2, -0.15) is 4.98 Å². The van der Waals surface area contributed by atoms with Crippen LogP contribution < -0.4 is 10.6 Å². The van der Waals surface area contributed by atoms with Gasteiger partial charge >= 0.3 is 0 Å². The van der Waals surface area contributed by atoms with E-state index in [2.05, 4.69) is 39.6 Å². The fourth-order valence-corrected chi connectivity index (χ4v) is 2.80. The smallest absolute Gasteiger partial charge is 0.224 e. The molecule has 6 heteroatoms. The third-order valence-electron chi connectivity index (χ3n) is 4.15. The van der Waals surface area contributed by atoms with Crippen LogP contribution in [0, 0.1) is 5.82 Å². The molecule has 1 aliphatic carbocycles. The molecule has 0 aromatic carbocycles. The molecule has 0 radical (unpaired) electrons. The average Bonchev–Trinajstić information content (AvgIpc) is 2.90. The van der Waals surface area contributed by atoms with Gasteiger partial charge in [0, 0.05) is 18.6 Å². The largest absolute Gasteiger partial charge is 0.366 e. The van der Waals surface area contributed by atoms with Crippen LogP contribution in [-0.4, -0.2) is 47.6 Å². The van der Waals surface area contributed by atoms with Crippen LogP contribution in [-0.2, 0) is 0 Å². The van der Waals surface area contributed by atoms with Gasteiger partial charge in [0.25, 0.3) is 0 Å². The van der Waals surface area contributed by atoms with E-state index in [0.717, 1.165) is 12.8 Å². The van der Waals surface area contributed by atoms with E-state index in [1.807, 2.05) is 6.92 Å². The molecule has 0 amide bonds. The van der Waals surface area contributed by atoms with Crippen LogP contribution in [0.3, 0.4) is 0 Å². The Morgan fingerprint density at radius 3 is 2.60 bits per heavy atom. The second-order valence-corrected chi connectivity index (χ2v) is 5.60. The van der Waals surface area contributed by atoms with Crippen molar-refractivity contribution in [2.45, 2.75) is 38.1 Å². The molecule has 0 bridgehead atoms. The quantitative estimate of drug-likeness (QED) is 0.838. The van der Waals surface area contributed by atoms with E-state index in [1.165, 1.54) is 19.0 Å². The number of anilines is 2. The number of halogens is 1. The summed E-state index contributed by atoms with van der Waals surface area (Å²) < 4.78 is 13.8. The zero-order valence-corrected chi connectivity index (χ0v) is 12.5. The van der Waals surface area contributed by atoms with Crippen molar-refractivity contribution in [3.63, 3.8) is 0 Å². The van der Waals surface area contributed by atoms with Crippen molar-refractivity contribution in [2.24, 2.45) is 0 Å². The normalized spacial score (nSPS) is 17.4. The van der Waals surface area contributed by atoms with Gasteiger partial charge < -0.3 is 15.5 Å². The second-order valence-electron chi connectivity index (χ2n) is 5.60. The number of rotatable bonds is 6. The molecule has 5 nitrogen and oxygen atoms in total. The van der Waals surface area contributed by atoms with Gasteiger partial charge in [0.1, 0.15) is 0 Å². The molecule has 0 saturated heterocycles. The number of nitrogens with one attached hydrogen (secondary N) is 2. The fourth-order valence-electron chi connectivity index (χ4n) is 2.80. The summed E-state index contributed by atoms with van der Waals surface area (Å²) in [4.78, 5) is 10.3. The summed E-state index contributed by atoms with van der Waals surface area (Å²) in [5, 5.41) is 6.16. The van der Waals surface area contributed by atoms with Crippen molar-refractivity contribution < 1.29 is 4.39 Å². The maximum absolute atomic E-state index is 13.8. The molecular weight excluding hydrogens is 257 g/mol. The van der Waals surface area contributed by atoms with Crippen LogP contribution in [0.25, 0.3) is 0 Å². The van der Waals surface area contributed by atoms with Crippen LogP contribution in [0.2, 0.25) is 0 Å². The Hall–Kier alpha value is -1.43. The SMILES string of the molecule is CCNc1ncc(F)c(NCC2(N(C)C)CCCC2)n1. The first-order chi connectivity index (χ1) is 9.57. The predicted octanol–water partition coefficient (Wildman–Crippen LogP) is 2.33. The topological polar surface area (TPSA) is 53.1 Å². The van der Waals surface area contributed by atoms with Crippen LogP contribution in [0.5, 0.6) is 0 Å². The van der Waals surface area contributed by atoms with Crippen molar-refractivity contribution >= 4 is 11.8 Å². The Kier molecular flexibility index (Phi) is 4.75. The van der Waals surface area contributed by atoms with Gasteiger partial charge in [-0.05, 0) is 33.9 Å². The van der Waals surface area contributed by atoms with Crippen LogP contribution >= 0.6 is 0 Å². The summed E-state index contributed by atoms with van der Waals surface area (Å²) in [6, 6.07) is 0. The summed E-state index contributed by atoms with van der Waals surface area (Å²) >= 11 is 0. The van der Waals surface area contributed by atoms with E-state index in [9.17, 15) is 4.39 Å². The standard InChI is InChI=1S/C14H24FN5/c1-4-16-13-17-9-11(15)12(19-13)18-10-14(20(2)3)7-5-6-8-14/h9H,4-8,10H2,1-3H3,(H2,16,17,18,19). The van der Waals surface area contributed by atoms with E-state index in [-0.39, 0.29) is 11.4 Å². The monoisotopic (exact) mass is 281 g/mol. The van der Waals surface area contributed by atoms with Gasteiger partial charge in [0.05, 0.1) is 6.20 Å². The van der Waals surface area contributed by atoms with Gasteiger partial charge in [-0.1, -0.05) is 12.8 Å². The molecule has 0 spiro atoms. The van der Waals surface area contributed by atoms with Gasteiger partial charge in [0.15, 0.2) is 11.6 Å². The van der Waals surface area contributed by atoms with Crippen LogP contribution in [0.15, 0.2) is 6.20 Å². The highest BCUT2D eigenvalue weighted by Gasteiger charge is 2.35. The molecule has 1 fully saturated rings. The Labute approximate surface area is 120 Å². The van der Waals surface area contributed by atoms with Gasteiger partial charge in [-0.3, -0.25) is 0 Å². The van der Waals surface area contributed by atoms with Crippen LogP contribution in [0.1, 0.15) is 32.6 Å². The van der Waals surface area contributed by atoms with E-state index in [0.29, 0.717) is 19.0 Å². The molecule has 2 N–H and O–H groups in total. The van der Waals surface area contributed by atoms with E-state index < -0.39 is 5.82 Å². The van der Waals surface area contributed by atoms with Crippen molar-refractivity contribution in [1.29, 1.82) is 0 Å². The van der Waals surface area contributed by atoms with E-state index in [1.54, 1.807) is 0 Å². The highest BCUT2D eigenvalue weighted by atomic mass is 19.1. The van der Waals surface area contributed by atoms with Gasteiger partial charge in [0.2, 0.25) is 5.95 Å². The van der Waals surface area contributed by atoms with Crippen molar-refractivity contribution in [2.75, 3.05) is 37.8 Å². The minimum Gasteiger partial charge on any atom is -0.366 e. The summed E-state index contributed by atoms with van der Waals surface area (Å²) in [7, 11) is 4.18. The summed E-state index contributed by atoms with van der Waals surface area (Å²) in [5.74, 6) is 0.337. The molecule has 0 unspecified atom stereocenters. The predicted molar refractivity (Wildman–Crippen MR) is 79.5 cm³/mol. The number of aromatic nitrogens is 2. The summed E-state index contributed by atoms with van der Waals surface area (Å²) in [6.45, 7) is 3.38. The first kappa shape index (κ1) is 15.0. The Balaban J connectivity index is 2.07. The Bertz CT molecular complexity index is 443. The fraction of sp³-hybridized carbons (Fsp3) is 0.714. The highest BCUT2D eigenvalue weighted by molar-refractivity contribution is 5.41. The lowest BCUT2D eigenvalue weighted by Crippen LogP contribution is -2.47. The van der Waals surface area contributed by atoms with Gasteiger partial charge in [-0.25, -0.2) is 9.37 Å². The van der Waals surface area contributed by atoms with Crippen LogP contribution in [0.4, 0.5) is 16.2 Å². The lowest BCUT2D eigenvalue weighted by Gasteiger charge is -2.36. The van der Waals surface area contributed by atoms with Crippen molar-refractivity contribution in [1.82, 2.24) is 14.9 Å². The Morgan fingerprint density at radius 2 is 2.00 bits per heavy atom. The molecule has 1 aromatic heterocycles. The highest BCUT2D eigenvalue weighted by Crippen LogP contribution is 2.34. The summed E-state index contributed by atoms with van der Waals surface area (Å²) in [5.41, 5.74) is 0.107. The molecule has 1 aromatic rings. The Morgan fingerprint density at radius 1 is 1.30 bits per heavy atom. The molecular formula is C14H24FN5. The average molecular weight is 281 g/mol. The minimum absolute atomic E-state index is 0.107. The second kappa shape index (κ2) is 6.35. The van der Waals surface area contributed by atoms with Crippen molar-refractivity contribution in [3.8, 4) is 0 Å². The maximum Gasteiger partial charge on any atom is 0.224 e. The zero-order valence-electron chi connectivity index (χ0n) is 12.5. The molecule has 1 heterocycles. The number of hydrogen-bond donors (Lipinski definition) is 2. The van der Waals surface area contributed by atoms with E-state index >= 15 is 0 Å². The molecule has 20 heavy (non-hydrogen) atoms. The number of hydrogen-bond acceptors (Lipinski definition) is 5. The third kappa shape index (κ3) is 3.17. The molecule has 1 saturated carbocycles. The number of likely N-dealkylation sites (N-methyl/N-ethyl adjacent to an activating group) is 1. The third-order valence-corrected chi connectivity index (χ3v) is 4.15. The molecule has 0 atom stereocenters.